The largest absolute Gasteiger partial charge is 0.481 e. The quantitative estimate of drug-likeness (QED) is 0.583. The van der Waals surface area contributed by atoms with E-state index >= 15 is 0 Å². The van der Waals surface area contributed by atoms with Gasteiger partial charge in [-0.25, -0.2) is 4.79 Å². The summed E-state index contributed by atoms with van der Waals surface area (Å²) in [5, 5.41) is 8.93. The number of nitrogens with one attached hydrogen (secondary N) is 1. The van der Waals surface area contributed by atoms with Gasteiger partial charge in [0.2, 0.25) is 11.8 Å². The fourth-order valence-electron chi connectivity index (χ4n) is 2.51. The Balaban J connectivity index is 1.79. The first-order chi connectivity index (χ1) is 14.7. The van der Waals surface area contributed by atoms with Crippen molar-refractivity contribution in [2.45, 2.75) is 12.8 Å². The highest BCUT2D eigenvalue weighted by atomic mass is 35.5. The van der Waals surface area contributed by atoms with Crippen LogP contribution in [-0.4, -0.2) is 17.1 Å². The molecule has 0 saturated carbocycles. The first kappa shape index (κ1) is 22.0. The molecule has 3 aromatic rings. The lowest BCUT2D eigenvalue weighted by atomic mass is 10.1. The zero-order valence-corrected chi connectivity index (χ0v) is 16.5. The number of methoxy groups -OCH3 is 1. The number of H-pyrrole nitrogens is 1. The number of nitrogens with zero attached hydrogens (tertiary/aromatic N) is 2. The zero-order chi connectivity index (χ0) is 22.6. The number of rotatable bonds is 6. The second-order valence-corrected chi connectivity index (χ2v) is 6.47. The molecule has 1 aromatic heterocycles. The SMILES string of the molecule is COc1cc(OCc2ccc(Oc3ccc(Cl)c(C(F)(F)F)c3)c(C#N)c2)[nH]c(=O)n1. The first-order valence-electron chi connectivity index (χ1n) is 8.55. The van der Waals surface area contributed by atoms with E-state index in [-0.39, 0.29) is 35.4 Å². The Morgan fingerprint density at radius 1 is 1.19 bits per heavy atom. The number of ether oxygens (including phenoxy) is 3. The fraction of sp³-hybridized carbons (Fsp3) is 0.150. The van der Waals surface area contributed by atoms with Crippen LogP contribution >= 0.6 is 11.6 Å². The number of aromatic nitrogens is 2. The molecule has 160 valence electrons. The molecule has 31 heavy (non-hydrogen) atoms. The van der Waals surface area contributed by atoms with Gasteiger partial charge in [-0.2, -0.15) is 23.4 Å². The lowest BCUT2D eigenvalue weighted by Crippen LogP contribution is -2.12. The molecular weight excluding hydrogens is 439 g/mol. The Hall–Kier alpha value is -3.71. The predicted molar refractivity (Wildman–Crippen MR) is 103 cm³/mol. The minimum absolute atomic E-state index is 0.0166. The Labute approximate surface area is 178 Å². The van der Waals surface area contributed by atoms with Gasteiger partial charge >= 0.3 is 11.9 Å². The molecule has 0 unspecified atom stereocenters. The number of nitriles is 1. The van der Waals surface area contributed by atoms with Gasteiger partial charge in [0.1, 0.15) is 24.2 Å². The molecule has 2 aromatic carbocycles. The van der Waals surface area contributed by atoms with E-state index in [2.05, 4.69) is 9.97 Å². The van der Waals surface area contributed by atoms with Crippen LogP contribution in [0, 0.1) is 11.3 Å². The van der Waals surface area contributed by atoms with E-state index in [1.165, 1.54) is 31.4 Å². The maximum atomic E-state index is 13.0. The minimum atomic E-state index is -4.65. The Kier molecular flexibility index (Phi) is 6.36. The summed E-state index contributed by atoms with van der Waals surface area (Å²) in [6.07, 6.45) is -4.65. The van der Waals surface area contributed by atoms with Crippen molar-refractivity contribution in [1.29, 1.82) is 5.26 Å². The van der Waals surface area contributed by atoms with Crippen LogP contribution in [0.15, 0.2) is 47.3 Å². The molecule has 1 heterocycles. The molecule has 3 rings (SSSR count). The van der Waals surface area contributed by atoms with Crippen LogP contribution in [0.4, 0.5) is 13.2 Å². The van der Waals surface area contributed by atoms with Gasteiger partial charge in [0, 0.05) is 0 Å². The molecule has 0 spiro atoms. The van der Waals surface area contributed by atoms with Crippen molar-refractivity contribution in [3.05, 3.63) is 74.7 Å². The van der Waals surface area contributed by atoms with Gasteiger partial charge in [-0.15, -0.1) is 0 Å². The number of halogens is 4. The summed E-state index contributed by atoms with van der Waals surface area (Å²) >= 11 is 5.60. The maximum Gasteiger partial charge on any atom is 0.417 e. The molecule has 0 amide bonds. The third-order valence-electron chi connectivity index (χ3n) is 3.94. The highest BCUT2D eigenvalue weighted by Gasteiger charge is 2.33. The molecule has 0 aliphatic carbocycles. The van der Waals surface area contributed by atoms with Gasteiger partial charge in [-0.05, 0) is 35.9 Å². The smallest absolute Gasteiger partial charge is 0.417 e. The highest BCUT2D eigenvalue weighted by Crippen LogP contribution is 2.38. The van der Waals surface area contributed by atoms with Crippen LogP contribution in [0.5, 0.6) is 23.3 Å². The second kappa shape index (κ2) is 8.97. The van der Waals surface area contributed by atoms with E-state index in [0.29, 0.717) is 5.56 Å². The number of hydrogen-bond acceptors (Lipinski definition) is 6. The van der Waals surface area contributed by atoms with E-state index in [0.717, 1.165) is 12.1 Å². The normalized spacial score (nSPS) is 11.0. The van der Waals surface area contributed by atoms with E-state index < -0.39 is 22.5 Å². The third kappa shape index (κ3) is 5.46. The minimum Gasteiger partial charge on any atom is -0.481 e. The van der Waals surface area contributed by atoms with E-state index in [4.69, 9.17) is 25.8 Å². The maximum absolute atomic E-state index is 13.0. The standard InChI is InChI=1S/C20H13ClF3N3O4/c1-29-17-8-18(27-19(28)26-17)30-10-11-2-5-16(12(6-11)9-25)31-13-3-4-15(21)14(7-13)20(22,23)24/h2-8H,10H2,1H3,(H,26,27,28). The monoisotopic (exact) mass is 451 g/mol. The fourth-order valence-corrected chi connectivity index (χ4v) is 2.74. The van der Waals surface area contributed by atoms with Crippen molar-refractivity contribution in [2.75, 3.05) is 7.11 Å². The number of aromatic amines is 1. The highest BCUT2D eigenvalue weighted by molar-refractivity contribution is 6.31. The van der Waals surface area contributed by atoms with Crippen LogP contribution in [0.25, 0.3) is 0 Å². The van der Waals surface area contributed by atoms with Crippen LogP contribution in [0.2, 0.25) is 5.02 Å². The molecule has 0 fully saturated rings. The Bertz CT molecular complexity index is 1210. The van der Waals surface area contributed by atoms with Crippen molar-refractivity contribution in [1.82, 2.24) is 9.97 Å². The third-order valence-corrected chi connectivity index (χ3v) is 4.26. The van der Waals surface area contributed by atoms with Gasteiger partial charge in [0.25, 0.3) is 0 Å². The second-order valence-electron chi connectivity index (χ2n) is 6.07. The summed E-state index contributed by atoms with van der Waals surface area (Å²) in [4.78, 5) is 17.4. The summed E-state index contributed by atoms with van der Waals surface area (Å²) in [5.74, 6) is 0.109. The molecule has 11 heteroatoms. The van der Waals surface area contributed by atoms with Crippen molar-refractivity contribution >= 4 is 11.6 Å². The van der Waals surface area contributed by atoms with Crippen molar-refractivity contribution < 1.29 is 27.4 Å². The summed E-state index contributed by atoms with van der Waals surface area (Å²) < 4.78 is 54.9. The average Bonchev–Trinajstić information content (AvgIpc) is 2.73. The molecule has 0 radical (unpaired) electrons. The molecular formula is C20H13ClF3N3O4. The summed E-state index contributed by atoms with van der Waals surface area (Å²) in [5.41, 5.74) is -1.08. The molecule has 0 aliphatic heterocycles. The van der Waals surface area contributed by atoms with E-state index in [1.807, 2.05) is 6.07 Å². The summed E-state index contributed by atoms with van der Waals surface area (Å²) in [6, 6.07) is 10.8. The number of benzene rings is 2. The van der Waals surface area contributed by atoms with Crippen LogP contribution < -0.4 is 19.9 Å². The summed E-state index contributed by atoms with van der Waals surface area (Å²) in [6.45, 7) is -0.0166. The van der Waals surface area contributed by atoms with Gasteiger partial charge in [0.05, 0.1) is 29.3 Å². The van der Waals surface area contributed by atoms with Crippen LogP contribution in [0.3, 0.4) is 0 Å². The zero-order valence-electron chi connectivity index (χ0n) is 15.8. The van der Waals surface area contributed by atoms with Crippen molar-refractivity contribution in [3.8, 4) is 29.3 Å². The summed E-state index contributed by atoms with van der Waals surface area (Å²) in [7, 11) is 1.35. The van der Waals surface area contributed by atoms with Crippen molar-refractivity contribution in [2.24, 2.45) is 0 Å². The number of hydrogen-bond donors (Lipinski definition) is 1. The molecule has 1 N–H and O–H groups in total. The molecule has 0 saturated heterocycles. The van der Waals surface area contributed by atoms with Gasteiger partial charge < -0.3 is 14.2 Å². The predicted octanol–water partition coefficient (Wildman–Crippen LogP) is 4.69. The van der Waals surface area contributed by atoms with E-state index in [1.54, 1.807) is 6.07 Å². The lowest BCUT2D eigenvalue weighted by Gasteiger charge is -2.13. The lowest BCUT2D eigenvalue weighted by molar-refractivity contribution is -0.137. The average molecular weight is 452 g/mol. The molecule has 7 nitrogen and oxygen atoms in total. The van der Waals surface area contributed by atoms with Gasteiger partial charge in [0.15, 0.2) is 0 Å². The Morgan fingerprint density at radius 2 is 1.97 bits per heavy atom. The van der Waals surface area contributed by atoms with Crippen LogP contribution in [0.1, 0.15) is 16.7 Å². The molecule has 0 bridgehead atoms. The first-order valence-corrected chi connectivity index (χ1v) is 8.93. The van der Waals surface area contributed by atoms with E-state index in [9.17, 15) is 23.2 Å². The Morgan fingerprint density at radius 3 is 2.65 bits per heavy atom. The van der Waals surface area contributed by atoms with Gasteiger partial charge in [-0.1, -0.05) is 17.7 Å². The van der Waals surface area contributed by atoms with Crippen LogP contribution in [-0.2, 0) is 12.8 Å². The topological polar surface area (TPSA) is 97.2 Å². The van der Waals surface area contributed by atoms with Gasteiger partial charge in [-0.3, -0.25) is 4.98 Å². The van der Waals surface area contributed by atoms with Crippen molar-refractivity contribution in [3.63, 3.8) is 0 Å². The molecule has 0 aliphatic rings. The number of alkyl halides is 3. The molecule has 0 atom stereocenters.